The number of guanidine groups is 1. The molecular formula is C15H27N3O2. The third kappa shape index (κ3) is 2.42. The van der Waals surface area contributed by atoms with Crippen LogP contribution in [-0.2, 0) is 9.47 Å². The minimum atomic E-state index is -0.184. The fraction of sp³-hybridized carbons (Fsp3) is 0.933. The molecule has 0 bridgehead atoms. The lowest BCUT2D eigenvalue weighted by Crippen LogP contribution is -2.64. The topological polar surface area (TPSA) is 60.1 Å². The molecule has 3 fully saturated rings. The number of ether oxygens (including phenoxy) is 2. The molecule has 5 heteroatoms. The Bertz CT molecular complexity index is 360. The standard InChI is InChI=1S/C15H27N3O2/c1-2-19-13-11-12(15(13)7-6-10-20-15)17-14(16)18-8-4-3-5-9-18/h12-13H,2-11H2,1H3,(H2,16,17)/t12-,13-,15+/m1/s1. The monoisotopic (exact) mass is 281 g/mol. The summed E-state index contributed by atoms with van der Waals surface area (Å²) in [5.74, 6) is 0.708. The number of likely N-dealkylation sites (tertiary alicyclic amines) is 1. The van der Waals surface area contributed by atoms with Crippen molar-refractivity contribution in [2.75, 3.05) is 26.3 Å². The van der Waals surface area contributed by atoms with Crippen LogP contribution >= 0.6 is 0 Å². The van der Waals surface area contributed by atoms with Gasteiger partial charge in [0, 0.05) is 32.7 Å². The van der Waals surface area contributed by atoms with Crippen LogP contribution in [0, 0.1) is 0 Å². The van der Waals surface area contributed by atoms with Gasteiger partial charge in [0.05, 0.1) is 12.1 Å². The van der Waals surface area contributed by atoms with Gasteiger partial charge in [0.1, 0.15) is 5.60 Å². The van der Waals surface area contributed by atoms with E-state index >= 15 is 0 Å². The summed E-state index contributed by atoms with van der Waals surface area (Å²) in [6.45, 7) is 5.71. The first-order chi connectivity index (χ1) is 9.76. The summed E-state index contributed by atoms with van der Waals surface area (Å²) in [5, 5.41) is 0. The molecule has 2 aliphatic heterocycles. The van der Waals surface area contributed by atoms with Crippen LogP contribution in [0.1, 0.15) is 45.4 Å². The predicted molar refractivity (Wildman–Crippen MR) is 78.8 cm³/mol. The SMILES string of the molecule is CCO[C@@H]1C[C@@H](N=C(N)N2CCCCC2)[C@@]12CCCO2. The van der Waals surface area contributed by atoms with Gasteiger partial charge >= 0.3 is 0 Å². The van der Waals surface area contributed by atoms with E-state index in [1.54, 1.807) is 0 Å². The van der Waals surface area contributed by atoms with Crippen LogP contribution in [0.2, 0.25) is 0 Å². The van der Waals surface area contributed by atoms with Crippen molar-refractivity contribution in [1.29, 1.82) is 0 Å². The molecule has 5 nitrogen and oxygen atoms in total. The Balaban J connectivity index is 1.67. The summed E-state index contributed by atoms with van der Waals surface area (Å²) in [4.78, 5) is 7.01. The molecule has 0 radical (unpaired) electrons. The molecule has 1 saturated carbocycles. The van der Waals surface area contributed by atoms with E-state index in [1.165, 1.54) is 19.3 Å². The number of nitrogens with two attached hydrogens (primary N) is 1. The van der Waals surface area contributed by atoms with Gasteiger partial charge in [0.15, 0.2) is 5.96 Å². The smallest absolute Gasteiger partial charge is 0.191 e. The van der Waals surface area contributed by atoms with Crippen molar-refractivity contribution < 1.29 is 9.47 Å². The van der Waals surface area contributed by atoms with E-state index in [-0.39, 0.29) is 17.7 Å². The second-order valence-electron chi connectivity index (χ2n) is 6.14. The van der Waals surface area contributed by atoms with Gasteiger partial charge in [0.2, 0.25) is 0 Å². The molecule has 2 N–H and O–H groups in total. The first-order valence-electron chi connectivity index (χ1n) is 8.10. The normalized spacial score (nSPS) is 38.2. The summed E-state index contributed by atoms with van der Waals surface area (Å²) in [6.07, 6.45) is 7.08. The zero-order valence-electron chi connectivity index (χ0n) is 12.5. The Morgan fingerprint density at radius 1 is 1.35 bits per heavy atom. The van der Waals surface area contributed by atoms with Crippen molar-refractivity contribution in [2.24, 2.45) is 10.7 Å². The van der Waals surface area contributed by atoms with Crippen LogP contribution in [0.25, 0.3) is 0 Å². The van der Waals surface area contributed by atoms with Crippen LogP contribution in [-0.4, -0.2) is 54.9 Å². The molecular weight excluding hydrogens is 254 g/mol. The molecule has 0 aromatic heterocycles. The van der Waals surface area contributed by atoms with E-state index in [0.717, 1.165) is 45.6 Å². The molecule has 114 valence electrons. The fourth-order valence-electron chi connectivity index (χ4n) is 3.79. The first-order valence-corrected chi connectivity index (χ1v) is 8.10. The molecule has 0 aromatic rings. The molecule has 2 heterocycles. The highest BCUT2D eigenvalue weighted by Crippen LogP contribution is 2.47. The Labute approximate surface area is 121 Å². The Hall–Kier alpha value is -0.810. The van der Waals surface area contributed by atoms with Gasteiger partial charge in [-0.3, -0.25) is 0 Å². The van der Waals surface area contributed by atoms with Gasteiger partial charge in [-0.05, 0) is 39.0 Å². The molecule has 2 saturated heterocycles. The average molecular weight is 281 g/mol. The highest BCUT2D eigenvalue weighted by Gasteiger charge is 2.59. The van der Waals surface area contributed by atoms with Crippen LogP contribution in [0.4, 0.5) is 0 Å². The van der Waals surface area contributed by atoms with Crippen molar-refractivity contribution in [1.82, 2.24) is 4.90 Å². The quantitative estimate of drug-likeness (QED) is 0.629. The van der Waals surface area contributed by atoms with E-state index < -0.39 is 0 Å². The van der Waals surface area contributed by atoms with E-state index in [1.807, 2.05) is 6.92 Å². The molecule has 3 atom stereocenters. The minimum Gasteiger partial charge on any atom is -0.375 e. The average Bonchev–Trinajstić information content (AvgIpc) is 2.99. The summed E-state index contributed by atoms with van der Waals surface area (Å²) in [5.41, 5.74) is 6.02. The molecule has 3 rings (SSSR count). The predicted octanol–water partition coefficient (Wildman–Crippen LogP) is 1.51. The van der Waals surface area contributed by atoms with E-state index in [2.05, 4.69) is 4.90 Å². The lowest BCUT2D eigenvalue weighted by Gasteiger charge is -2.50. The molecule has 20 heavy (non-hydrogen) atoms. The zero-order valence-corrected chi connectivity index (χ0v) is 12.5. The van der Waals surface area contributed by atoms with Crippen LogP contribution in [0.15, 0.2) is 4.99 Å². The largest absolute Gasteiger partial charge is 0.375 e. The van der Waals surface area contributed by atoms with Crippen molar-refractivity contribution in [2.45, 2.75) is 63.2 Å². The minimum absolute atomic E-state index is 0.184. The number of nitrogens with zero attached hydrogens (tertiary/aromatic N) is 2. The second kappa shape index (κ2) is 5.90. The number of aliphatic imine (C=N–C) groups is 1. The van der Waals surface area contributed by atoms with E-state index in [9.17, 15) is 0 Å². The van der Waals surface area contributed by atoms with Gasteiger partial charge < -0.3 is 20.1 Å². The third-order valence-electron chi connectivity index (χ3n) is 4.97. The highest BCUT2D eigenvalue weighted by molar-refractivity contribution is 5.78. The van der Waals surface area contributed by atoms with Crippen LogP contribution in [0.3, 0.4) is 0 Å². The van der Waals surface area contributed by atoms with Gasteiger partial charge in [-0.1, -0.05) is 0 Å². The third-order valence-corrected chi connectivity index (χ3v) is 4.97. The molecule has 1 aliphatic carbocycles. The Morgan fingerprint density at radius 2 is 2.15 bits per heavy atom. The Kier molecular flexibility index (Phi) is 4.17. The van der Waals surface area contributed by atoms with Crippen molar-refractivity contribution in [3.8, 4) is 0 Å². The summed E-state index contributed by atoms with van der Waals surface area (Å²) >= 11 is 0. The van der Waals surface area contributed by atoms with Gasteiger partial charge in [-0.15, -0.1) is 0 Å². The molecule has 3 aliphatic rings. The summed E-state index contributed by atoms with van der Waals surface area (Å²) in [7, 11) is 0. The number of hydrogen-bond donors (Lipinski definition) is 1. The maximum Gasteiger partial charge on any atom is 0.191 e. The van der Waals surface area contributed by atoms with E-state index in [4.69, 9.17) is 20.2 Å². The zero-order chi connectivity index (χ0) is 14.0. The number of hydrogen-bond acceptors (Lipinski definition) is 3. The van der Waals surface area contributed by atoms with Crippen molar-refractivity contribution in [3.63, 3.8) is 0 Å². The molecule has 1 spiro atoms. The molecule has 0 aromatic carbocycles. The van der Waals surface area contributed by atoms with Gasteiger partial charge in [-0.25, -0.2) is 4.99 Å². The molecule has 0 unspecified atom stereocenters. The summed E-state index contributed by atoms with van der Waals surface area (Å²) in [6, 6.07) is 0.184. The maximum absolute atomic E-state index is 6.21. The van der Waals surface area contributed by atoms with Crippen molar-refractivity contribution in [3.05, 3.63) is 0 Å². The van der Waals surface area contributed by atoms with E-state index in [0.29, 0.717) is 5.96 Å². The van der Waals surface area contributed by atoms with Gasteiger partial charge in [0.25, 0.3) is 0 Å². The van der Waals surface area contributed by atoms with Crippen molar-refractivity contribution >= 4 is 5.96 Å². The number of piperidine rings is 1. The Morgan fingerprint density at radius 3 is 2.80 bits per heavy atom. The first kappa shape index (κ1) is 14.1. The summed E-state index contributed by atoms with van der Waals surface area (Å²) < 4.78 is 11.9. The van der Waals surface area contributed by atoms with Crippen LogP contribution < -0.4 is 5.73 Å². The lowest BCUT2D eigenvalue weighted by molar-refractivity contribution is -0.189. The lowest BCUT2D eigenvalue weighted by atomic mass is 9.70. The van der Waals surface area contributed by atoms with Gasteiger partial charge in [-0.2, -0.15) is 0 Å². The maximum atomic E-state index is 6.21. The molecule has 0 amide bonds. The second-order valence-corrected chi connectivity index (χ2v) is 6.14. The fourth-order valence-corrected chi connectivity index (χ4v) is 3.79. The van der Waals surface area contributed by atoms with Crippen LogP contribution in [0.5, 0.6) is 0 Å². The number of rotatable bonds is 3. The highest BCUT2D eigenvalue weighted by atomic mass is 16.6.